The standard InChI is InChI=1S/C7H3Cl2IN2O/c1-2-3-4(13-6(2)10)5(8)12-7(9)11-3/h1H3. The molecular formula is C7H3Cl2IN2O. The van der Waals surface area contributed by atoms with Crippen molar-refractivity contribution in [1.29, 1.82) is 0 Å². The van der Waals surface area contributed by atoms with Crippen LogP contribution in [0.25, 0.3) is 11.1 Å². The van der Waals surface area contributed by atoms with Crippen LogP contribution < -0.4 is 0 Å². The van der Waals surface area contributed by atoms with E-state index in [1.54, 1.807) is 0 Å². The van der Waals surface area contributed by atoms with Gasteiger partial charge in [-0.2, -0.15) is 0 Å². The smallest absolute Gasteiger partial charge is 0.224 e. The second-order valence-corrected chi connectivity index (χ2v) is 4.14. The fourth-order valence-electron chi connectivity index (χ4n) is 1.00. The summed E-state index contributed by atoms with van der Waals surface area (Å²) in [4.78, 5) is 7.81. The van der Waals surface area contributed by atoms with Gasteiger partial charge in [0.05, 0.1) is 0 Å². The van der Waals surface area contributed by atoms with Crippen LogP contribution in [-0.4, -0.2) is 9.97 Å². The van der Waals surface area contributed by atoms with Crippen LogP contribution in [-0.2, 0) is 0 Å². The van der Waals surface area contributed by atoms with Gasteiger partial charge in [-0.1, -0.05) is 11.6 Å². The van der Waals surface area contributed by atoms with Crippen molar-refractivity contribution in [3.05, 3.63) is 19.8 Å². The number of furan rings is 1. The molecule has 2 rings (SSSR count). The molecule has 3 nitrogen and oxygen atoms in total. The predicted molar refractivity (Wildman–Crippen MR) is 59.3 cm³/mol. The third-order valence-electron chi connectivity index (χ3n) is 1.64. The van der Waals surface area contributed by atoms with Gasteiger partial charge in [0.15, 0.2) is 14.5 Å². The molecule has 0 atom stereocenters. The minimum atomic E-state index is 0.137. The number of fused-ring (bicyclic) bond motifs is 1. The molecule has 2 heterocycles. The van der Waals surface area contributed by atoms with Crippen molar-refractivity contribution in [2.45, 2.75) is 6.92 Å². The van der Waals surface area contributed by atoms with Crippen molar-refractivity contribution >= 4 is 56.9 Å². The molecule has 2 aromatic heterocycles. The normalized spacial score (nSPS) is 11.1. The number of aromatic nitrogens is 2. The maximum Gasteiger partial charge on any atom is 0.224 e. The summed E-state index contributed by atoms with van der Waals surface area (Å²) in [5.41, 5.74) is 2.10. The lowest BCUT2D eigenvalue weighted by Crippen LogP contribution is -1.84. The molecule has 0 aromatic carbocycles. The van der Waals surface area contributed by atoms with Gasteiger partial charge >= 0.3 is 0 Å². The van der Waals surface area contributed by atoms with Crippen molar-refractivity contribution < 1.29 is 4.42 Å². The van der Waals surface area contributed by atoms with E-state index in [-0.39, 0.29) is 10.4 Å². The fourth-order valence-corrected chi connectivity index (χ4v) is 1.90. The Balaban J connectivity index is 2.94. The van der Waals surface area contributed by atoms with Gasteiger partial charge in [0.2, 0.25) is 5.28 Å². The molecule has 0 unspecified atom stereocenters. The molecule has 0 spiro atoms. The maximum absolute atomic E-state index is 5.81. The lowest BCUT2D eigenvalue weighted by Gasteiger charge is -1.92. The van der Waals surface area contributed by atoms with Gasteiger partial charge < -0.3 is 4.42 Å². The summed E-state index contributed by atoms with van der Waals surface area (Å²) in [5.74, 6) is 0. The molecule has 0 saturated carbocycles. The van der Waals surface area contributed by atoms with Crippen LogP contribution in [0.4, 0.5) is 0 Å². The zero-order valence-corrected chi connectivity index (χ0v) is 10.1. The Morgan fingerprint density at radius 1 is 1.31 bits per heavy atom. The van der Waals surface area contributed by atoms with Gasteiger partial charge in [-0.05, 0) is 41.1 Å². The van der Waals surface area contributed by atoms with Gasteiger partial charge in [-0.15, -0.1) is 0 Å². The van der Waals surface area contributed by atoms with Crippen LogP contribution in [0.5, 0.6) is 0 Å². The first-order chi connectivity index (χ1) is 6.09. The Bertz CT molecular complexity index is 483. The fraction of sp³-hybridized carbons (Fsp3) is 0.143. The summed E-state index contributed by atoms with van der Waals surface area (Å²) < 4.78 is 6.11. The number of hydrogen-bond donors (Lipinski definition) is 0. The molecule has 68 valence electrons. The summed E-state index contributed by atoms with van der Waals surface area (Å²) in [6.07, 6.45) is 0. The lowest BCUT2D eigenvalue weighted by molar-refractivity contribution is 0.579. The Morgan fingerprint density at radius 3 is 2.69 bits per heavy atom. The molecule has 0 N–H and O–H groups in total. The number of halogens is 3. The highest BCUT2D eigenvalue weighted by Gasteiger charge is 2.14. The minimum Gasteiger partial charge on any atom is -0.445 e. The van der Waals surface area contributed by atoms with Crippen molar-refractivity contribution in [3.63, 3.8) is 0 Å². The molecule has 0 fully saturated rings. The Morgan fingerprint density at radius 2 is 2.00 bits per heavy atom. The average molecular weight is 329 g/mol. The minimum absolute atomic E-state index is 0.137. The second-order valence-electron chi connectivity index (χ2n) is 2.46. The van der Waals surface area contributed by atoms with Crippen molar-refractivity contribution in [1.82, 2.24) is 9.97 Å². The van der Waals surface area contributed by atoms with Gasteiger partial charge in [0, 0.05) is 5.56 Å². The molecule has 2 aromatic rings. The highest BCUT2D eigenvalue weighted by atomic mass is 127. The summed E-state index contributed by atoms with van der Waals surface area (Å²) in [5, 5.41) is 0.388. The van der Waals surface area contributed by atoms with Crippen LogP contribution in [0.2, 0.25) is 10.4 Å². The summed E-state index contributed by atoms with van der Waals surface area (Å²) in [6.45, 7) is 1.90. The Hall–Kier alpha value is -0.0700. The van der Waals surface area contributed by atoms with Gasteiger partial charge in [-0.3, -0.25) is 0 Å². The van der Waals surface area contributed by atoms with Crippen LogP contribution in [0.1, 0.15) is 5.56 Å². The molecule has 13 heavy (non-hydrogen) atoms. The van der Waals surface area contributed by atoms with Crippen LogP contribution in [0.3, 0.4) is 0 Å². The highest BCUT2D eigenvalue weighted by Crippen LogP contribution is 2.29. The first-order valence-electron chi connectivity index (χ1n) is 3.37. The first kappa shape index (κ1) is 9.48. The number of aryl methyl sites for hydroxylation is 1. The van der Waals surface area contributed by atoms with Crippen LogP contribution in [0.15, 0.2) is 4.42 Å². The first-order valence-corrected chi connectivity index (χ1v) is 5.20. The molecule has 0 saturated heterocycles. The Labute approximate surface area is 97.6 Å². The monoisotopic (exact) mass is 328 g/mol. The highest BCUT2D eigenvalue weighted by molar-refractivity contribution is 14.1. The molecule has 0 radical (unpaired) electrons. The van der Waals surface area contributed by atoms with E-state index in [4.69, 9.17) is 27.6 Å². The largest absolute Gasteiger partial charge is 0.445 e. The molecule has 0 amide bonds. The molecule has 0 aliphatic heterocycles. The van der Waals surface area contributed by atoms with Gasteiger partial charge in [0.25, 0.3) is 0 Å². The molecule has 0 bridgehead atoms. The van der Waals surface area contributed by atoms with E-state index in [0.717, 1.165) is 9.33 Å². The average Bonchev–Trinajstić information content (AvgIpc) is 2.32. The molecular weight excluding hydrogens is 326 g/mol. The number of nitrogens with zero attached hydrogens (tertiary/aromatic N) is 2. The predicted octanol–water partition coefficient (Wildman–Crippen LogP) is 3.44. The molecule has 6 heteroatoms. The quantitative estimate of drug-likeness (QED) is 0.422. The summed E-state index contributed by atoms with van der Waals surface area (Å²) in [7, 11) is 0. The third-order valence-corrected chi connectivity index (χ3v) is 3.09. The van der Waals surface area contributed by atoms with E-state index in [1.807, 2.05) is 6.92 Å². The Kier molecular flexibility index (Phi) is 2.37. The van der Waals surface area contributed by atoms with Gasteiger partial charge in [-0.25, -0.2) is 9.97 Å². The van der Waals surface area contributed by atoms with Crippen LogP contribution in [0, 0.1) is 10.7 Å². The zero-order valence-electron chi connectivity index (χ0n) is 6.44. The molecule has 0 aliphatic rings. The topological polar surface area (TPSA) is 38.9 Å². The van der Waals surface area contributed by atoms with Crippen molar-refractivity contribution in [2.24, 2.45) is 0 Å². The van der Waals surface area contributed by atoms with Crippen molar-refractivity contribution in [2.75, 3.05) is 0 Å². The van der Waals surface area contributed by atoms with E-state index in [0.29, 0.717) is 11.1 Å². The third kappa shape index (κ3) is 1.51. The molecule has 0 aliphatic carbocycles. The van der Waals surface area contributed by atoms with Gasteiger partial charge in [0.1, 0.15) is 5.52 Å². The zero-order chi connectivity index (χ0) is 9.59. The SMILES string of the molecule is Cc1c(I)oc2c(Cl)nc(Cl)nc12. The van der Waals surface area contributed by atoms with E-state index < -0.39 is 0 Å². The van der Waals surface area contributed by atoms with E-state index in [1.165, 1.54) is 0 Å². The maximum atomic E-state index is 5.81. The van der Waals surface area contributed by atoms with Crippen LogP contribution >= 0.6 is 45.8 Å². The number of hydrogen-bond acceptors (Lipinski definition) is 3. The summed E-state index contributed by atoms with van der Waals surface area (Å²) in [6, 6.07) is 0. The van der Waals surface area contributed by atoms with E-state index in [9.17, 15) is 0 Å². The number of rotatable bonds is 0. The van der Waals surface area contributed by atoms with E-state index >= 15 is 0 Å². The van der Waals surface area contributed by atoms with E-state index in [2.05, 4.69) is 32.6 Å². The lowest BCUT2D eigenvalue weighted by atomic mass is 10.3. The summed E-state index contributed by atoms with van der Waals surface area (Å²) >= 11 is 13.5. The van der Waals surface area contributed by atoms with Crippen molar-refractivity contribution in [3.8, 4) is 0 Å². The second kappa shape index (κ2) is 3.25.